The number of benzene rings is 2. The fraction of sp³-hybridized carbons (Fsp3) is 0.188. The molecule has 6 heteroatoms. The quantitative estimate of drug-likeness (QED) is 0.799. The topological polar surface area (TPSA) is 49.3 Å². The van der Waals surface area contributed by atoms with Crippen LogP contribution in [0.25, 0.3) is 0 Å². The third-order valence-corrected chi connectivity index (χ3v) is 4.20. The van der Waals surface area contributed by atoms with Gasteiger partial charge in [-0.25, -0.2) is 8.78 Å². The number of anilines is 1. The predicted octanol–water partition coefficient (Wildman–Crippen LogP) is 4.18. The van der Waals surface area contributed by atoms with Crippen molar-refractivity contribution in [1.82, 2.24) is 0 Å². The maximum atomic E-state index is 13.7. The highest BCUT2D eigenvalue weighted by Gasteiger charge is 2.45. The van der Waals surface area contributed by atoms with E-state index in [1.807, 2.05) is 0 Å². The minimum Gasteiger partial charge on any atom is -0.506 e. The zero-order valence-electron chi connectivity index (χ0n) is 11.3. The zero-order chi connectivity index (χ0) is 15.9. The molecule has 22 heavy (non-hydrogen) atoms. The van der Waals surface area contributed by atoms with Gasteiger partial charge in [-0.2, -0.15) is 0 Å². The number of phenols is 1. The number of carbonyl (C=O) groups is 1. The van der Waals surface area contributed by atoms with Crippen LogP contribution in [0.15, 0.2) is 40.9 Å². The highest BCUT2D eigenvalue weighted by atomic mass is 79.9. The monoisotopic (exact) mass is 367 g/mol. The van der Waals surface area contributed by atoms with Gasteiger partial charge in [0.05, 0.1) is 5.69 Å². The summed E-state index contributed by atoms with van der Waals surface area (Å²) in [6.07, 6.45) is 0.506. The lowest BCUT2D eigenvalue weighted by Gasteiger charge is -2.08. The fourth-order valence-electron chi connectivity index (χ4n) is 2.47. The number of halogens is 3. The van der Waals surface area contributed by atoms with Gasteiger partial charge in [-0.05, 0) is 42.2 Å². The number of rotatable bonds is 3. The molecule has 2 N–H and O–H groups in total. The van der Waals surface area contributed by atoms with E-state index in [0.717, 1.165) is 6.07 Å². The standard InChI is InChI=1S/C16H12BrF2NO2/c17-8-1-4-14(15(21)5-8)20-16(22)12-7-11(12)10-3-2-9(18)6-13(10)19/h1-6,11-12,21H,7H2,(H,20,22). The van der Waals surface area contributed by atoms with Crippen LogP contribution in [0, 0.1) is 17.6 Å². The Morgan fingerprint density at radius 2 is 2.00 bits per heavy atom. The molecule has 3 nitrogen and oxygen atoms in total. The van der Waals surface area contributed by atoms with Crippen molar-refractivity contribution in [3.05, 3.63) is 58.1 Å². The van der Waals surface area contributed by atoms with Gasteiger partial charge in [0, 0.05) is 16.5 Å². The van der Waals surface area contributed by atoms with Crippen LogP contribution in [0.5, 0.6) is 5.75 Å². The molecule has 114 valence electrons. The summed E-state index contributed by atoms with van der Waals surface area (Å²) in [7, 11) is 0. The Morgan fingerprint density at radius 3 is 2.68 bits per heavy atom. The molecule has 1 aliphatic carbocycles. The minimum absolute atomic E-state index is 0.0483. The summed E-state index contributed by atoms with van der Waals surface area (Å²) in [6.45, 7) is 0. The summed E-state index contributed by atoms with van der Waals surface area (Å²) in [5.74, 6) is -2.23. The molecule has 2 aromatic carbocycles. The van der Waals surface area contributed by atoms with Crippen molar-refractivity contribution in [3.8, 4) is 5.75 Å². The van der Waals surface area contributed by atoms with Gasteiger partial charge in [0.15, 0.2) is 0 Å². The Bertz CT molecular complexity index is 751. The largest absolute Gasteiger partial charge is 0.506 e. The molecule has 2 atom stereocenters. The van der Waals surface area contributed by atoms with Crippen LogP contribution in [-0.4, -0.2) is 11.0 Å². The Kier molecular flexibility index (Phi) is 3.87. The second kappa shape index (κ2) is 5.68. The van der Waals surface area contributed by atoms with Crippen molar-refractivity contribution >= 4 is 27.5 Å². The molecule has 0 aliphatic heterocycles. The van der Waals surface area contributed by atoms with Crippen LogP contribution < -0.4 is 5.32 Å². The highest BCUT2D eigenvalue weighted by Crippen LogP contribution is 2.49. The molecule has 1 fully saturated rings. The Hall–Kier alpha value is -1.95. The molecule has 0 radical (unpaired) electrons. The first-order valence-electron chi connectivity index (χ1n) is 6.70. The second-order valence-corrected chi connectivity index (χ2v) is 6.18. The average Bonchev–Trinajstić information content (AvgIpc) is 3.22. The summed E-state index contributed by atoms with van der Waals surface area (Å²) < 4.78 is 27.3. The third kappa shape index (κ3) is 2.97. The predicted molar refractivity (Wildman–Crippen MR) is 81.6 cm³/mol. The van der Waals surface area contributed by atoms with Crippen molar-refractivity contribution in [2.75, 3.05) is 5.32 Å². The fourth-order valence-corrected chi connectivity index (χ4v) is 2.82. The molecule has 2 unspecified atom stereocenters. The first kappa shape index (κ1) is 15.0. The SMILES string of the molecule is O=C(Nc1ccc(Br)cc1O)C1CC1c1ccc(F)cc1F. The number of hydrogen-bond donors (Lipinski definition) is 2. The summed E-state index contributed by atoms with van der Waals surface area (Å²) in [6, 6.07) is 8.13. The average molecular weight is 368 g/mol. The van der Waals surface area contributed by atoms with E-state index in [2.05, 4.69) is 21.2 Å². The van der Waals surface area contributed by atoms with Crippen molar-refractivity contribution < 1.29 is 18.7 Å². The second-order valence-electron chi connectivity index (χ2n) is 5.27. The molecular weight excluding hydrogens is 356 g/mol. The van der Waals surface area contributed by atoms with E-state index < -0.39 is 11.6 Å². The normalized spacial score (nSPS) is 19.8. The maximum Gasteiger partial charge on any atom is 0.228 e. The van der Waals surface area contributed by atoms with Gasteiger partial charge in [0.2, 0.25) is 5.91 Å². The molecule has 0 aromatic heterocycles. The molecular formula is C16H12BrF2NO2. The number of nitrogens with one attached hydrogen (secondary N) is 1. The van der Waals surface area contributed by atoms with Crippen molar-refractivity contribution in [2.24, 2.45) is 5.92 Å². The van der Waals surface area contributed by atoms with Gasteiger partial charge in [-0.1, -0.05) is 22.0 Å². The molecule has 0 saturated heterocycles. The zero-order valence-corrected chi connectivity index (χ0v) is 12.9. The molecule has 0 bridgehead atoms. The van der Waals surface area contributed by atoms with Crippen LogP contribution in [0.4, 0.5) is 14.5 Å². The summed E-state index contributed by atoms with van der Waals surface area (Å²) >= 11 is 3.21. The van der Waals surface area contributed by atoms with Gasteiger partial charge in [0.25, 0.3) is 0 Å². The van der Waals surface area contributed by atoms with E-state index in [4.69, 9.17) is 0 Å². The van der Waals surface area contributed by atoms with Crippen LogP contribution in [0.3, 0.4) is 0 Å². The molecule has 0 heterocycles. The first-order chi connectivity index (χ1) is 10.5. The minimum atomic E-state index is -0.636. The Morgan fingerprint density at radius 1 is 1.23 bits per heavy atom. The molecule has 2 aromatic rings. The van der Waals surface area contributed by atoms with Gasteiger partial charge in [-0.15, -0.1) is 0 Å². The van der Waals surface area contributed by atoms with Crippen molar-refractivity contribution in [3.63, 3.8) is 0 Å². The van der Waals surface area contributed by atoms with E-state index in [9.17, 15) is 18.7 Å². The van der Waals surface area contributed by atoms with E-state index in [1.165, 1.54) is 18.2 Å². The number of hydrogen-bond acceptors (Lipinski definition) is 2. The number of aromatic hydroxyl groups is 1. The molecule has 3 rings (SSSR count). The van der Waals surface area contributed by atoms with Crippen LogP contribution in [-0.2, 0) is 4.79 Å². The van der Waals surface area contributed by atoms with Crippen molar-refractivity contribution in [1.29, 1.82) is 0 Å². The smallest absolute Gasteiger partial charge is 0.228 e. The number of phenolic OH excluding ortho intramolecular Hbond substituents is 1. The highest BCUT2D eigenvalue weighted by molar-refractivity contribution is 9.10. The van der Waals surface area contributed by atoms with E-state index >= 15 is 0 Å². The molecule has 1 amide bonds. The van der Waals surface area contributed by atoms with E-state index in [1.54, 1.807) is 12.1 Å². The van der Waals surface area contributed by atoms with Gasteiger partial charge >= 0.3 is 0 Å². The first-order valence-corrected chi connectivity index (χ1v) is 7.49. The summed E-state index contributed by atoms with van der Waals surface area (Å²) in [5, 5.41) is 12.4. The van der Waals surface area contributed by atoms with Crippen LogP contribution in [0.1, 0.15) is 17.9 Å². The Balaban J connectivity index is 1.70. The lowest BCUT2D eigenvalue weighted by molar-refractivity contribution is -0.117. The third-order valence-electron chi connectivity index (χ3n) is 3.71. The van der Waals surface area contributed by atoms with Crippen LogP contribution in [0.2, 0.25) is 0 Å². The molecule has 0 spiro atoms. The summed E-state index contributed by atoms with van der Waals surface area (Å²) in [5.41, 5.74) is 0.653. The Labute approximate surface area is 134 Å². The van der Waals surface area contributed by atoms with Gasteiger partial charge < -0.3 is 10.4 Å². The van der Waals surface area contributed by atoms with Gasteiger partial charge in [-0.3, -0.25) is 4.79 Å². The van der Waals surface area contributed by atoms with E-state index in [-0.39, 0.29) is 23.5 Å². The maximum absolute atomic E-state index is 13.7. The van der Waals surface area contributed by atoms with Gasteiger partial charge in [0.1, 0.15) is 17.4 Å². The summed E-state index contributed by atoms with van der Waals surface area (Å²) in [4.78, 5) is 12.1. The van der Waals surface area contributed by atoms with Crippen molar-refractivity contribution in [2.45, 2.75) is 12.3 Å². The molecule has 1 saturated carbocycles. The van der Waals surface area contributed by atoms with E-state index in [0.29, 0.717) is 22.1 Å². The number of amides is 1. The molecule has 1 aliphatic rings. The van der Waals surface area contributed by atoms with Crippen LogP contribution >= 0.6 is 15.9 Å². The number of carbonyl (C=O) groups excluding carboxylic acids is 1. The lowest BCUT2D eigenvalue weighted by atomic mass is 10.1. The lowest BCUT2D eigenvalue weighted by Crippen LogP contribution is -2.14.